The fraction of sp³-hybridized carbons (Fsp3) is 0.955. The third kappa shape index (κ3) is 10.1. The summed E-state index contributed by atoms with van der Waals surface area (Å²) in [6.45, 7) is 9.59. The highest BCUT2D eigenvalue weighted by atomic mass is 79.9. The van der Waals surface area contributed by atoms with Gasteiger partial charge in [0.15, 0.2) is 0 Å². The van der Waals surface area contributed by atoms with Crippen molar-refractivity contribution in [2.45, 2.75) is 104 Å². The van der Waals surface area contributed by atoms with Crippen LogP contribution in [-0.4, -0.2) is 43.0 Å². The van der Waals surface area contributed by atoms with Gasteiger partial charge in [-0.3, -0.25) is 4.79 Å². The first-order valence-electron chi connectivity index (χ1n) is 11.3. The van der Waals surface area contributed by atoms with E-state index in [-0.39, 0.29) is 23.0 Å². The van der Waals surface area contributed by atoms with E-state index in [2.05, 4.69) is 20.8 Å². The Kier molecular flexibility index (Phi) is 15.4. The van der Waals surface area contributed by atoms with Gasteiger partial charge in [0.25, 0.3) is 0 Å². The predicted octanol–water partition coefficient (Wildman–Crippen LogP) is 3.65. The number of ether oxygens (including phenoxy) is 2. The summed E-state index contributed by atoms with van der Waals surface area (Å²) in [4.78, 5) is 11.6. The molecular weight excluding hydrogens is 423 g/mol. The molecular formula is C22H44BrO3P. The number of carbonyl (C=O) groups is 1. The second-order valence-corrected chi connectivity index (χ2v) is 12.5. The topological polar surface area (TPSA) is 35.5 Å². The Morgan fingerprint density at radius 1 is 0.889 bits per heavy atom. The Morgan fingerprint density at radius 2 is 1.41 bits per heavy atom. The van der Waals surface area contributed by atoms with E-state index in [1.54, 1.807) is 0 Å². The third-order valence-corrected chi connectivity index (χ3v) is 10.9. The molecule has 1 heterocycles. The van der Waals surface area contributed by atoms with E-state index in [1.165, 1.54) is 69.6 Å². The summed E-state index contributed by atoms with van der Waals surface area (Å²) in [6.07, 6.45) is 18.6. The van der Waals surface area contributed by atoms with Crippen molar-refractivity contribution in [1.29, 1.82) is 0 Å². The molecule has 0 aliphatic carbocycles. The van der Waals surface area contributed by atoms with Crippen LogP contribution in [0.1, 0.15) is 98.3 Å². The zero-order chi connectivity index (χ0) is 19.3. The molecule has 3 nitrogen and oxygen atoms in total. The van der Waals surface area contributed by atoms with Crippen LogP contribution in [0, 0.1) is 0 Å². The highest BCUT2D eigenvalue weighted by molar-refractivity contribution is 7.75. The number of rotatable bonds is 16. The van der Waals surface area contributed by atoms with E-state index in [4.69, 9.17) is 9.47 Å². The first kappa shape index (κ1) is 27.3. The van der Waals surface area contributed by atoms with Crippen LogP contribution in [0.15, 0.2) is 0 Å². The molecule has 5 heteroatoms. The molecule has 162 valence electrons. The van der Waals surface area contributed by atoms with Crippen molar-refractivity contribution in [2.24, 2.45) is 0 Å². The van der Waals surface area contributed by atoms with Crippen molar-refractivity contribution in [2.75, 3.05) is 31.3 Å². The average molecular weight is 467 g/mol. The van der Waals surface area contributed by atoms with Gasteiger partial charge in [0.05, 0.1) is 31.1 Å². The molecule has 0 aromatic carbocycles. The second-order valence-electron chi connectivity index (χ2n) is 8.07. The fourth-order valence-corrected chi connectivity index (χ4v) is 9.41. The van der Waals surface area contributed by atoms with E-state index in [9.17, 15) is 4.79 Å². The number of esters is 1. The molecule has 0 spiro atoms. The third-order valence-electron chi connectivity index (χ3n) is 5.82. The zero-order valence-corrected chi connectivity index (χ0v) is 20.8. The highest BCUT2D eigenvalue weighted by Gasteiger charge is 2.41. The number of cyclic esters (lactones) is 1. The molecule has 0 saturated carbocycles. The van der Waals surface area contributed by atoms with E-state index >= 15 is 0 Å². The van der Waals surface area contributed by atoms with Gasteiger partial charge in [-0.05, 0) is 39.0 Å². The van der Waals surface area contributed by atoms with Gasteiger partial charge >= 0.3 is 5.97 Å². The van der Waals surface area contributed by atoms with E-state index in [0.717, 1.165) is 19.3 Å². The second kappa shape index (κ2) is 15.2. The lowest BCUT2D eigenvalue weighted by Crippen LogP contribution is -3.00. The van der Waals surface area contributed by atoms with Crippen molar-refractivity contribution in [3.05, 3.63) is 0 Å². The maximum absolute atomic E-state index is 11.6. The summed E-state index contributed by atoms with van der Waals surface area (Å²) in [6, 6.07) is 0. The van der Waals surface area contributed by atoms with Crippen molar-refractivity contribution in [1.82, 2.24) is 0 Å². The van der Waals surface area contributed by atoms with Crippen LogP contribution in [0.4, 0.5) is 0 Å². The lowest BCUT2D eigenvalue weighted by atomic mass is 10.1. The number of carbonyl (C=O) groups excluding carboxylic acids is 1. The first-order chi connectivity index (χ1) is 12.6. The minimum atomic E-state index is -0.805. The Labute approximate surface area is 179 Å². The van der Waals surface area contributed by atoms with Gasteiger partial charge in [-0.1, -0.05) is 40.0 Å². The molecule has 0 bridgehead atoms. The van der Waals surface area contributed by atoms with Gasteiger partial charge in [0, 0.05) is 26.7 Å². The monoisotopic (exact) mass is 466 g/mol. The molecule has 1 aliphatic heterocycles. The molecule has 1 atom stereocenters. The first-order valence-corrected chi connectivity index (χ1v) is 13.8. The molecule has 1 fully saturated rings. The Hall–Kier alpha value is 0.340. The maximum atomic E-state index is 11.6. The van der Waals surface area contributed by atoms with Gasteiger partial charge in [-0.2, -0.15) is 0 Å². The summed E-state index contributed by atoms with van der Waals surface area (Å²) in [5, 5.41) is 0. The average Bonchev–Trinajstić information content (AvgIpc) is 3.01. The quantitative estimate of drug-likeness (QED) is 0.198. The standard InChI is InChI=1S/C22H44O3P.BrH/c1-5-9-17-26(18-10-6-2,19-11-7-3)20-13-12-15-22(24-8-4)16-14-21(23)25-22;/h5-20H2,1-4H3;1H/q+1;/p-1. The van der Waals surface area contributed by atoms with Crippen LogP contribution in [0.25, 0.3) is 0 Å². The summed E-state index contributed by atoms with van der Waals surface area (Å²) < 4.78 is 11.4. The van der Waals surface area contributed by atoms with Crippen molar-refractivity contribution in [3.8, 4) is 0 Å². The van der Waals surface area contributed by atoms with E-state index < -0.39 is 13.0 Å². The lowest BCUT2D eigenvalue weighted by Gasteiger charge is -2.30. The van der Waals surface area contributed by atoms with Gasteiger partial charge in [0.2, 0.25) is 5.79 Å². The minimum absolute atomic E-state index is 0. The van der Waals surface area contributed by atoms with Gasteiger partial charge < -0.3 is 26.5 Å². The Morgan fingerprint density at radius 3 is 1.81 bits per heavy atom. The molecule has 1 saturated heterocycles. The van der Waals surface area contributed by atoms with Crippen molar-refractivity contribution >= 4 is 13.2 Å². The fourth-order valence-electron chi connectivity index (χ4n) is 4.21. The predicted molar refractivity (Wildman–Crippen MR) is 115 cm³/mol. The molecule has 0 radical (unpaired) electrons. The Bertz CT molecular complexity index is 370. The number of halogens is 1. The smallest absolute Gasteiger partial charge is 0.308 e. The van der Waals surface area contributed by atoms with Crippen LogP contribution in [-0.2, 0) is 14.3 Å². The maximum Gasteiger partial charge on any atom is 0.308 e. The van der Waals surface area contributed by atoms with E-state index in [1.807, 2.05) is 6.92 Å². The van der Waals surface area contributed by atoms with Gasteiger partial charge in [-0.15, -0.1) is 0 Å². The van der Waals surface area contributed by atoms with Gasteiger partial charge in [-0.25, -0.2) is 0 Å². The molecule has 0 N–H and O–H groups in total. The molecule has 0 amide bonds. The largest absolute Gasteiger partial charge is 1.00 e. The molecule has 1 unspecified atom stereocenters. The van der Waals surface area contributed by atoms with Crippen molar-refractivity contribution < 1.29 is 31.2 Å². The summed E-state index contributed by atoms with van der Waals surface area (Å²) in [5.41, 5.74) is 0. The SMILES string of the molecule is CCCC[P+](CCCC)(CCCC)CCCCC1(OCC)CCC(=O)O1.[Br-]. The normalized spacial score (nSPS) is 19.8. The van der Waals surface area contributed by atoms with Gasteiger partial charge in [0.1, 0.15) is 0 Å². The zero-order valence-electron chi connectivity index (χ0n) is 18.4. The Balaban J connectivity index is 0.00000676. The molecule has 1 aliphatic rings. The lowest BCUT2D eigenvalue weighted by molar-refractivity contribution is -0.213. The van der Waals surface area contributed by atoms with E-state index in [0.29, 0.717) is 13.0 Å². The molecule has 1 rings (SSSR count). The van der Waals surface area contributed by atoms with Crippen LogP contribution in [0.3, 0.4) is 0 Å². The van der Waals surface area contributed by atoms with Crippen LogP contribution in [0.5, 0.6) is 0 Å². The number of hydrogen-bond acceptors (Lipinski definition) is 3. The van der Waals surface area contributed by atoms with Crippen LogP contribution in [0.2, 0.25) is 0 Å². The van der Waals surface area contributed by atoms with Crippen LogP contribution >= 0.6 is 7.26 Å². The van der Waals surface area contributed by atoms with Crippen LogP contribution < -0.4 is 17.0 Å². The number of hydrogen-bond donors (Lipinski definition) is 0. The minimum Gasteiger partial charge on any atom is -1.00 e. The summed E-state index contributed by atoms with van der Waals surface area (Å²) in [5.74, 6) is -0.697. The van der Waals surface area contributed by atoms with Crippen molar-refractivity contribution in [3.63, 3.8) is 0 Å². The molecule has 0 aromatic heterocycles. The molecule has 0 aromatic rings. The molecule has 27 heavy (non-hydrogen) atoms. The highest BCUT2D eigenvalue weighted by Crippen LogP contribution is 2.61. The number of unbranched alkanes of at least 4 members (excludes halogenated alkanes) is 4. The summed E-state index contributed by atoms with van der Waals surface area (Å²) >= 11 is 0. The summed E-state index contributed by atoms with van der Waals surface area (Å²) in [7, 11) is -0.805.